The number of nitrogens with zero attached hydrogens (tertiary/aromatic N) is 1. The number of rotatable bonds is 0. The topological polar surface area (TPSA) is 3.24 Å². The first-order valence-electron chi connectivity index (χ1n) is 9.95. The van der Waals surface area contributed by atoms with Gasteiger partial charge in [-0.25, -0.2) is 0 Å². The number of benzene rings is 2. The normalized spacial score (nSPS) is 25.0. The third kappa shape index (κ3) is 3.18. The first kappa shape index (κ1) is 18.3. The van der Waals surface area contributed by atoms with Crippen molar-refractivity contribution in [3.8, 4) is 0 Å². The molecule has 3 aliphatic rings. The highest BCUT2D eigenvalue weighted by Crippen LogP contribution is 2.49. The second-order valence-corrected chi connectivity index (χ2v) is 9.03. The lowest BCUT2D eigenvalue weighted by molar-refractivity contribution is -0.137. The first-order valence-corrected chi connectivity index (χ1v) is 10.8. The minimum atomic E-state index is -4.32. The molecular weight excluding hydrogens is 379 g/mol. The van der Waals surface area contributed by atoms with E-state index in [0.717, 1.165) is 52.4 Å². The number of hydrogen-bond donors (Lipinski definition) is 0. The Balaban J connectivity index is 1.66. The quantitative estimate of drug-likeness (QED) is 0.416. The van der Waals surface area contributed by atoms with Crippen LogP contribution in [0.2, 0.25) is 0 Å². The molecule has 1 nitrogen and oxygen atoms in total. The molecule has 0 N–H and O–H groups in total. The first-order chi connectivity index (χ1) is 13.5. The Labute approximate surface area is 167 Å². The van der Waals surface area contributed by atoms with Gasteiger partial charge in [-0.1, -0.05) is 36.4 Å². The third-order valence-corrected chi connectivity index (χ3v) is 7.38. The van der Waals surface area contributed by atoms with Crippen LogP contribution < -0.4 is 0 Å². The Morgan fingerprint density at radius 2 is 1.75 bits per heavy atom. The largest absolute Gasteiger partial charge is 0.416 e. The van der Waals surface area contributed by atoms with Gasteiger partial charge in [0.25, 0.3) is 0 Å². The van der Waals surface area contributed by atoms with Gasteiger partial charge in [-0.15, -0.1) is 0 Å². The van der Waals surface area contributed by atoms with Crippen LogP contribution in [0.15, 0.2) is 57.8 Å². The number of halogens is 3. The number of fused-ring (bicyclic) bond motifs is 3. The van der Waals surface area contributed by atoms with Crippen molar-refractivity contribution in [2.24, 2.45) is 0 Å². The Bertz CT molecular complexity index is 947. The number of hydrogen-bond acceptors (Lipinski definition) is 2. The fourth-order valence-corrected chi connectivity index (χ4v) is 5.93. The van der Waals surface area contributed by atoms with Crippen LogP contribution in [0.5, 0.6) is 0 Å². The molecule has 2 fully saturated rings. The van der Waals surface area contributed by atoms with Gasteiger partial charge in [-0.3, -0.25) is 4.90 Å². The van der Waals surface area contributed by atoms with Crippen LogP contribution in [-0.4, -0.2) is 24.0 Å². The third-order valence-electron chi connectivity index (χ3n) is 6.23. The van der Waals surface area contributed by atoms with Crippen LogP contribution in [0.4, 0.5) is 13.2 Å². The van der Waals surface area contributed by atoms with Crippen molar-refractivity contribution in [2.45, 2.75) is 54.1 Å². The maximum absolute atomic E-state index is 13.4. The molecule has 146 valence electrons. The van der Waals surface area contributed by atoms with E-state index in [2.05, 4.69) is 17.0 Å². The summed E-state index contributed by atoms with van der Waals surface area (Å²) in [6.45, 7) is 1.99. The van der Waals surface area contributed by atoms with E-state index in [1.165, 1.54) is 37.0 Å². The Kier molecular flexibility index (Phi) is 4.55. The summed E-state index contributed by atoms with van der Waals surface area (Å²) in [5.41, 5.74) is 3.62. The van der Waals surface area contributed by atoms with Gasteiger partial charge < -0.3 is 0 Å². The predicted molar refractivity (Wildman–Crippen MR) is 106 cm³/mol. The van der Waals surface area contributed by atoms with Gasteiger partial charge in [0.1, 0.15) is 0 Å². The number of piperidine rings is 2. The van der Waals surface area contributed by atoms with Crippen molar-refractivity contribution in [3.63, 3.8) is 0 Å². The van der Waals surface area contributed by atoms with Crippen LogP contribution in [0, 0.1) is 0 Å². The highest BCUT2D eigenvalue weighted by atomic mass is 32.2. The summed E-state index contributed by atoms with van der Waals surface area (Å²) in [5, 5.41) is 0. The molecular formula is C23H22F3NS. The average molecular weight is 401 g/mol. The van der Waals surface area contributed by atoms with Crippen molar-refractivity contribution < 1.29 is 13.2 Å². The maximum Gasteiger partial charge on any atom is 0.416 e. The van der Waals surface area contributed by atoms with E-state index in [-0.39, 0.29) is 0 Å². The van der Waals surface area contributed by atoms with Crippen LogP contribution >= 0.6 is 11.8 Å². The molecule has 28 heavy (non-hydrogen) atoms. The van der Waals surface area contributed by atoms with Gasteiger partial charge in [0, 0.05) is 22.4 Å². The van der Waals surface area contributed by atoms with Crippen molar-refractivity contribution in [2.75, 3.05) is 13.1 Å². The van der Waals surface area contributed by atoms with Gasteiger partial charge >= 0.3 is 6.18 Å². The van der Waals surface area contributed by atoms with Crippen molar-refractivity contribution in [1.29, 1.82) is 0 Å². The molecule has 5 rings (SSSR count). The molecule has 5 heteroatoms. The Morgan fingerprint density at radius 3 is 2.61 bits per heavy atom. The second-order valence-electron chi connectivity index (χ2n) is 7.94. The van der Waals surface area contributed by atoms with Gasteiger partial charge in [0.05, 0.1) is 5.56 Å². The zero-order valence-electron chi connectivity index (χ0n) is 15.6. The fraction of sp³-hybridized carbons (Fsp3) is 0.391. The Hall–Kier alpha value is -1.72. The maximum atomic E-state index is 13.4. The Morgan fingerprint density at radius 1 is 0.929 bits per heavy atom. The molecule has 0 bridgehead atoms. The van der Waals surface area contributed by atoms with E-state index in [0.29, 0.717) is 6.04 Å². The lowest BCUT2D eigenvalue weighted by Gasteiger charge is -2.41. The predicted octanol–water partition coefficient (Wildman–Crippen LogP) is 6.62. The van der Waals surface area contributed by atoms with Crippen LogP contribution in [-0.2, 0) is 6.18 Å². The smallest absolute Gasteiger partial charge is 0.296 e. The molecule has 0 amide bonds. The molecule has 0 radical (unpaired) electrons. The van der Waals surface area contributed by atoms with Gasteiger partial charge in [0.15, 0.2) is 0 Å². The highest BCUT2D eigenvalue weighted by Gasteiger charge is 2.34. The summed E-state index contributed by atoms with van der Waals surface area (Å²) in [6, 6.07) is 13.0. The summed E-state index contributed by atoms with van der Waals surface area (Å²) < 4.78 is 40.2. The minimum Gasteiger partial charge on any atom is -0.296 e. The standard InChI is InChI=1S/C23H22F3NS/c24-23(25,26)16-9-11-21-19(13-16)22(18-6-1-2-7-20(18)28-21)15-8-10-17-5-3-4-12-27(17)14-15/h1-2,6-7,9,11,13,17H,3-5,8,10,12,14H2. The minimum absolute atomic E-state index is 0.559. The summed E-state index contributed by atoms with van der Waals surface area (Å²) in [5.74, 6) is 0. The summed E-state index contributed by atoms with van der Waals surface area (Å²) >= 11 is 1.58. The van der Waals surface area contributed by atoms with Crippen LogP contribution in [0.25, 0.3) is 5.57 Å². The van der Waals surface area contributed by atoms with Crippen molar-refractivity contribution in [1.82, 2.24) is 4.90 Å². The highest BCUT2D eigenvalue weighted by molar-refractivity contribution is 7.99. The van der Waals surface area contributed by atoms with E-state index >= 15 is 0 Å². The number of alkyl halides is 3. The molecule has 1 atom stereocenters. The van der Waals surface area contributed by atoms with Gasteiger partial charge in [-0.05, 0) is 78.8 Å². The molecule has 1 unspecified atom stereocenters. The van der Waals surface area contributed by atoms with E-state index < -0.39 is 11.7 Å². The molecule has 2 saturated heterocycles. The molecule has 2 aromatic carbocycles. The average Bonchev–Trinajstić information content (AvgIpc) is 2.70. The fourth-order valence-electron chi connectivity index (χ4n) is 4.86. The monoisotopic (exact) mass is 401 g/mol. The SMILES string of the molecule is FC(F)(F)c1ccc2c(c1)C(=C1CCC3CCCCN3C1)c1ccccc1S2. The zero-order chi connectivity index (χ0) is 19.3. The zero-order valence-corrected chi connectivity index (χ0v) is 16.4. The van der Waals surface area contributed by atoms with Crippen LogP contribution in [0.1, 0.15) is 48.8 Å². The molecule has 0 saturated carbocycles. The summed E-state index contributed by atoms with van der Waals surface area (Å²) in [7, 11) is 0. The van der Waals surface area contributed by atoms with E-state index in [1.54, 1.807) is 17.8 Å². The molecule has 2 aromatic rings. The lowest BCUT2D eigenvalue weighted by Crippen LogP contribution is -2.43. The molecule has 3 aliphatic heterocycles. The van der Waals surface area contributed by atoms with Crippen LogP contribution in [0.3, 0.4) is 0 Å². The van der Waals surface area contributed by atoms with E-state index in [4.69, 9.17) is 0 Å². The van der Waals surface area contributed by atoms with Crippen molar-refractivity contribution in [3.05, 3.63) is 64.7 Å². The van der Waals surface area contributed by atoms with E-state index in [1.807, 2.05) is 12.1 Å². The van der Waals surface area contributed by atoms with Crippen molar-refractivity contribution >= 4 is 17.3 Å². The molecule has 0 spiro atoms. The molecule has 0 aliphatic carbocycles. The summed E-state index contributed by atoms with van der Waals surface area (Å²) in [4.78, 5) is 4.61. The summed E-state index contributed by atoms with van der Waals surface area (Å²) in [6.07, 6.45) is 1.54. The van der Waals surface area contributed by atoms with Gasteiger partial charge in [-0.2, -0.15) is 13.2 Å². The molecule has 3 heterocycles. The lowest BCUT2D eigenvalue weighted by atomic mass is 9.84. The van der Waals surface area contributed by atoms with Gasteiger partial charge in [0.2, 0.25) is 0 Å². The molecule has 0 aromatic heterocycles. The van der Waals surface area contributed by atoms with E-state index in [9.17, 15) is 13.2 Å². The second kappa shape index (κ2) is 6.96.